The number of fused-ring (bicyclic) bond motifs is 10. The van der Waals surface area contributed by atoms with Crippen molar-refractivity contribution < 1.29 is 0 Å². The fourth-order valence-electron chi connectivity index (χ4n) is 4.96. The zero-order chi connectivity index (χ0) is 19.7. The molecule has 30 heavy (non-hydrogen) atoms. The van der Waals surface area contributed by atoms with E-state index < -0.39 is 0 Å². The molecular formula is C27H17N3. The lowest BCUT2D eigenvalue weighted by molar-refractivity contribution is 1.18. The van der Waals surface area contributed by atoms with E-state index in [4.69, 9.17) is 4.98 Å². The van der Waals surface area contributed by atoms with Crippen LogP contribution in [0.15, 0.2) is 103 Å². The molecule has 0 N–H and O–H groups in total. The van der Waals surface area contributed by atoms with Crippen molar-refractivity contribution in [3.05, 3.63) is 103 Å². The molecule has 0 aliphatic heterocycles. The summed E-state index contributed by atoms with van der Waals surface area (Å²) in [6, 6.07) is 32.4. The van der Waals surface area contributed by atoms with Gasteiger partial charge in [0.15, 0.2) is 0 Å². The van der Waals surface area contributed by atoms with Crippen LogP contribution in [0.5, 0.6) is 0 Å². The minimum Gasteiger partial charge on any atom is -0.309 e. The van der Waals surface area contributed by atoms with Gasteiger partial charge in [0.05, 0.1) is 16.6 Å². The molecule has 0 spiro atoms. The minimum atomic E-state index is 1.00. The molecule has 0 saturated carbocycles. The van der Waals surface area contributed by atoms with Gasteiger partial charge >= 0.3 is 0 Å². The van der Waals surface area contributed by atoms with Crippen LogP contribution in [-0.2, 0) is 0 Å². The Labute approximate surface area is 172 Å². The maximum atomic E-state index is 4.70. The molecule has 0 radical (unpaired) electrons. The van der Waals surface area contributed by atoms with Gasteiger partial charge in [0, 0.05) is 39.6 Å². The van der Waals surface area contributed by atoms with Crippen LogP contribution in [0.4, 0.5) is 0 Å². The molecule has 3 heterocycles. The number of pyridine rings is 1. The van der Waals surface area contributed by atoms with Gasteiger partial charge in [-0.05, 0) is 29.7 Å². The summed E-state index contributed by atoms with van der Waals surface area (Å²) < 4.78 is 4.61. The number of nitrogens with zero attached hydrogens (tertiary/aromatic N) is 3. The van der Waals surface area contributed by atoms with E-state index in [1.807, 2.05) is 6.20 Å². The molecule has 3 nitrogen and oxygen atoms in total. The predicted molar refractivity (Wildman–Crippen MR) is 125 cm³/mol. The monoisotopic (exact) mass is 383 g/mol. The Balaban J connectivity index is 1.82. The standard InChI is InChI=1S/C27H17N3/c1-2-8-18(9-3-1)30-23-13-7-6-12-22(23)25-24(30)15-14-20-19-10-4-5-11-21(19)27-28-16-17-29(27)26(20)25/h1-17H. The van der Waals surface area contributed by atoms with Crippen molar-refractivity contribution in [2.24, 2.45) is 0 Å². The molecule has 3 heteroatoms. The van der Waals surface area contributed by atoms with Gasteiger partial charge in [-0.1, -0.05) is 66.7 Å². The van der Waals surface area contributed by atoms with Crippen molar-refractivity contribution in [1.82, 2.24) is 14.0 Å². The average molecular weight is 383 g/mol. The van der Waals surface area contributed by atoms with Gasteiger partial charge in [0.1, 0.15) is 5.65 Å². The fraction of sp³-hybridized carbons (Fsp3) is 0. The molecule has 0 aliphatic rings. The second kappa shape index (κ2) is 5.71. The number of hydrogen-bond acceptors (Lipinski definition) is 1. The normalized spacial score (nSPS) is 12.0. The summed E-state index contributed by atoms with van der Waals surface area (Å²) in [5.41, 5.74) is 5.81. The van der Waals surface area contributed by atoms with Gasteiger partial charge in [0.2, 0.25) is 0 Å². The van der Waals surface area contributed by atoms with E-state index >= 15 is 0 Å². The fourth-order valence-corrected chi connectivity index (χ4v) is 4.96. The average Bonchev–Trinajstić information content (AvgIpc) is 3.43. The Bertz CT molecular complexity index is 1740. The van der Waals surface area contributed by atoms with E-state index in [0.29, 0.717) is 0 Å². The van der Waals surface area contributed by atoms with E-state index in [2.05, 4.69) is 106 Å². The van der Waals surface area contributed by atoms with Gasteiger partial charge in [-0.3, -0.25) is 4.40 Å². The summed E-state index contributed by atoms with van der Waals surface area (Å²) in [4.78, 5) is 4.70. The van der Waals surface area contributed by atoms with Crippen LogP contribution in [0.2, 0.25) is 0 Å². The highest BCUT2D eigenvalue weighted by Gasteiger charge is 2.18. The molecule has 4 aromatic carbocycles. The van der Waals surface area contributed by atoms with Gasteiger partial charge < -0.3 is 4.57 Å². The van der Waals surface area contributed by atoms with Crippen LogP contribution in [0, 0.1) is 0 Å². The largest absolute Gasteiger partial charge is 0.309 e. The van der Waals surface area contributed by atoms with E-state index in [-0.39, 0.29) is 0 Å². The van der Waals surface area contributed by atoms with Crippen molar-refractivity contribution >= 4 is 49.1 Å². The maximum Gasteiger partial charge on any atom is 0.145 e. The number of aromatic nitrogens is 3. The van der Waals surface area contributed by atoms with Crippen molar-refractivity contribution in [2.75, 3.05) is 0 Å². The first-order valence-corrected chi connectivity index (χ1v) is 10.2. The molecule has 0 amide bonds. The topological polar surface area (TPSA) is 22.2 Å². The minimum absolute atomic E-state index is 1.00. The number of rotatable bonds is 1. The Hall–Kier alpha value is -4.11. The number of benzene rings is 4. The lowest BCUT2D eigenvalue weighted by Gasteiger charge is -2.11. The van der Waals surface area contributed by atoms with Crippen molar-refractivity contribution in [2.45, 2.75) is 0 Å². The SMILES string of the molecule is c1ccc(-n2c3ccccc3c3c2ccc2c4ccccc4c4nccn4c23)cc1. The first kappa shape index (κ1) is 15.8. The van der Waals surface area contributed by atoms with E-state index in [9.17, 15) is 0 Å². The van der Waals surface area contributed by atoms with Gasteiger partial charge in [-0.2, -0.15) is 0 Å². The highest BCUT2D eigenvalue weighted by atomic mass is 15.0. The summed E-state index contributed by atoms with van der Waals surface area (Å²) in [5, 5.41) is 6.19. The summed E-state index contributed by atoms with van der Waals surface area (Å²) in [5.74, 6) is 0. The smallest absolute Gasteiger partial charge is 0.145 e. The maximum absolute atomic E-state index is 4.70. The zero-order valence-electron chi connectivity index (χ0n) is 16.2. The lowest BCUT2D eigenvalue weighted by Crippen LogP contribution is -1.94. The Morgan fingerprint density at radius 1 is 0.567 bits per heavy atom. The predicted octanol–water partition coefficient (Wildman–Crippen LogP) is 6.74. The second-order valence-electron chi connectivity index (χ2n) is 7.71. The molecule has 3 aromatic heterocycles. The van der Waals surface area contributed by atoms with Crippen molar-refractivity contribution in [3.8, 4) is 5.69 Å². The third kappa shape index (κ3) is 1.91. The van der Waals surface area contributed by atoms with E-state index in [1.165, 1.54) is 49.2 Å². The van der Waals surface area contributed by atoms with Crippen molar-refractivity contribution in [3.63, 3.8) is 0 Å². The van der Waals surface area contributed by atoms with Crippen LogP contribution in [0.1, 0.15) is 0 Å². The summed E-state index contributed by atoms with van der Waals surface area (Å²) in [7, 11) is 0. The molecule has 0 saturated heterocycles. The molecule has 140 valence electrons. The summed E-state index contributed by atoms with van der Waals surface area (Å²) in [6.07, 6.45) is 3.98. The molecule has 0 bridgehead atoms. The van der Waals surface area contributed by atoms with E-state index in [1.54, 1.807) is 0 Å². The van der Waals surface area contributed by atoms with Crippen LogP contribution < -0.4 is 0 Å². The Kier molecular flexibility index (Phi) is 3.00. The quantitative estimate of drug-likeness (QED) is 0.288. The van der Waals surface area contributed by atoms with Crippen LogP contribution in [0.3, 0.4) is 0 Å². The molecule has 0 fully saturated rings. The molecule has 7 aromatic rings. The zero-order valence-corrected chi connectivity index (χ0v) is 16.2. The van der Waals surface area contributed by atoms with Gasteiger partial charge in [-0.25, -0.2) is 4.98 Å². The Morgan fingerprint density at radius 2 is 1.30 bits per heavy atom. The van der Waals surface area contributed by atoms with E-state index in [0.717, 1.165) is 5.65 Å². The summed E-state index contributed by atoms with van der Waals surface area (Å²) in [6.45, 7) is 0. The first-order chi connectivity index (χ1) is 14.9. The first-order valence-electron chi connectivity index (χ1n) is 10.2. The van der Waals surface area contributed by atoms with Gasteiger partial charge in [0.25, 0.3) is 0 Å². The molecule has 0 unspecified atom stereocenters. The van der Waals surface area contributed by atoms with Crippen LogP contribution in [-0.4, -0.2) is 14.0 Å². The number of imidazole rings is 1. The number of hydrogen-bond donors (Lipinski definition) is 0. The summed E-state index contributed by atoms with van der Waals surface area (Å²) >= 11 is 0. The van der Waals surface area contributed by atoms with Crippen molar-refractivity contribution in [1.29, 1.82) is 0 Å². The molecule has 0 aliphatic carbocycles. The van der Waals surface area contributed by atoms with Gasteiger partial charge in [-0.15, -0.1) is 0 Å². The molecular weight excluding hydrogens is 366 g/mol. The molecule has 0 atom stereocenters. The molecule has 7 rings (SSSR count). The highest BCUT2D eigenvalue weighted by Crippen LogP contribution is 2.39. The Morgan fingerprint density at radius 3 is 2.17 bits per heavy atom. The van der Waals surface area contributed by atoms with Crippen LogP contribution >= 0.6 is 0 Å². The third-order valence-corrected chi connectivity index (χ3v) is 6.17. The lowest BCUT2D eigenvalue weighted by atomic mass is 10.0. The van der Waals surface area contributed by atoms with Crippen LogP contribution in [0.25, 0.3) is 54.8 Å². The number of para-hydroxylation sites is 2. The third-order valence-electron chi connectivity index (χ3n) is 6.17. The second-order valence-corrected chi connectivity index (χ2v) is 7.71. The highest BCUT2D eigenvalue weighted by molar-refractivity contribution is 6.25.